The second-order valence-electron chi connectivity index (χ2n) is 6.56. The van der Waals surface area contributed by atoms with Gasteiger partial charge in [-0.25, -0.2) is 0 Å². The number of carbonyl (C=O) groups excluding carboxylic acids is 1. The van der Waals surface area contributed by atoms with E-state index in [1.54, 1.807) is 0 Å². The number of rotatable bonds is 9. The average molecular weight is 487 g/mol. The van der Waals surface area contributed by atoms with Crippen LogP contribution in [-0.4, -0.2) is 56.0 Å². The van der Waals surface area contributed by atoms with Crippen LogP contribution in [0.25, 0.3) is 0 Å². The van der Waals surface area contributed by atoms with Crippen LogP contribution in [0.4, 0.5) is 5.69 Å². The quantitative estimate of drug-likeness (QED) is 0.217. The Morgan fingerprint density at radius 3 is 2.67 bits per heavy atom. The highest BCUT2D eigenvalue weighted by molar-refractivity contribution is 14.0. The number of halogens is 1. The number of hydrogen-bond donors (Lipinski definition) is 3. The molecule has 0 saturated heterocycles. The third-order valence-electron chi connectivity index (χ3n) is 4.76. The largest absolute Gasteiger partial charge is 0.357 e. The minimum absolute atomic E-state index is 0. The number of anilines is 1. The number of hydrogen-bond acceptors (Lipinski definition) is 3. The maximum Gasteiger partial charge on any atom is 0.225 e. The SMILES string of the molecule is CCNC(=NCC1CC(=O)Nc2ccccc21)NCCCN(CC)CC.I. The molecule has 6 nitrogen and oxygen atoms in total. The molecule has 2 rings (SSSR count). The molecule has 1 amide bonds. The number of benzene rings is 1. The lowest BCUT2D eigenvalue weighted by atomic mass is 9.91. The van der Waals surface area contributed by atoms with Gasteiger partial charge in [0, 0.05) is 31.1 Å². The zero-order valence-corrected chi connectivity index (χ0v) is 19.1. The van der Waals surface area contributed by atoms with Gasteiger partial charge in [0.1, 0.15) is 0 Å². The zero-order valence-electron chi connectivity index (χ0n) is 16.8. The first-order chi connectivity index (χ1) is 12.7. The smallest absolute Gasteiger partial charge is 0.225 e. The summed E-state index contributed by atoms with van der Waals surface area (Å²) in [5, 5.41) is 9.65. The van der Waals surface area contributed by atoms with Gasteiger partial charge in [0.15, 0.2) is 5.96 Å². The van der Waals surface area contributed by atoms with E-state index in [9.17, 15) is 4.79 Å². The molecule has 0 saturated carbocycles. The van der Waals surface area contributed by atoms with Crippen molar-refractivity contribution in [1.29, 1.82) is 0 Å². The number of fused-ring (bicyclic) bond motifs is 1. The van der Waals surface area contributed by atoms with E-state index in [-0.39, 0.29) is 35.8 Å². The lowest BCUT2D eigenvalue weighted by molar-refractivity contribution is -0.116. The molecule has 27 heavy (non-hydrogen) atoms. The van der Waals surface area contributed by atoms with E-state index in [0.29, 0.717) is 13.0 Å². The van der Waals surface area contributed by atoms with Crippen LogP contribution in [0.3, 0.4) is 0 Å². The van der Waals surface area contributed by atoms with E-state index in [4.69, 9.17) is 4.99 Å². The zero-order chi connectivity index (χ0) is 18.8. The van der Waals surface area contributed by atoms with E-state index < -0.39 is 0 Å². The number of nitrogens with one attached hydrogen (secondary N) is 3. The van der Waals surface area contributed by atoms with Gasteiger partial charge < -0.3 is 20.9 Å². The Morgan fingerprint density at radius 2 is 1.96 bits per heavy atom. The standard InChI is InChI=1S/C20H33N5O.HI/c1-4-21-20(22-12-9-13-25(5-2)6-3)23-15-16-14-19(26)24-18-11-8-7-10-17(16)18;/h7-8,10-11,16H,4-6,9,12-15H2,1-3H3,(H,24,26)(H2,21,22,23);1H. The highest BCUT2D eigenvalue weighted by Gasteiger charge is 2.24. The van der Waals surface area contributed by atoms with Crippen molar-refractivity contribution in [3.05, 3.63) is 29.8 Å². The molecule has 0 aliphatic carbocycles. The monoisotopic (exact) mass is 487 g/mol. The molecular formula is C20H34IN5O. The predicted molar refractivity (Wildman–Crippen MR) is 124 cm³/mol. The van der Waals surface area contributed by atoms with Gasteiger partial charge >= 0.3 is 0 Å². The van der Waals surface area contributed by atoms with Crippen LogP contribution in [0.5, 0.6) is 0 Å². The average Bonchev–Trinajstić information content (AvgIpc) is 2.65. The summed E-state index contributed by atoms with van der Waals surface area (Å²) in [4.78, 5) is 19.1. The van der Waals surface area contributed by atoms with E-state index in [2.05, 4.69) is 47.7 Å². The van der Waals surface area contributed by atoms with Gasteiger partial charge in [0.05, 0.1) is 6.54 Å². The van der Waals surface area contributed by atoms with Crippen molar-refractivity contribution in [2.45, 2.75) is 39.5 Å². The Balaban J connectivity index is 0.00000364. The first kappa shape index (κ1) is 23.7. The first-order valence-electron chi connectivity index (χ1n) is 9.81. The van der Waals surface area contributed by atoms with Gasteiger partial charge in [-0.15, -0.1) is 24.0 Å². The summed E-state index contributed by atoms with van der Waals surface area (Å²) in [5.41, 5.74) is 2.09. The summed E-state index contributed by atoms with van der Waals surface area (Å²) in [6.07, 6.45) is 1.57. The summed E-state index contributed by atoms with van der Waals surface area (Å²) in [6.45, 7) is 12.1. The van der Waals surface area contributed by atoms with E-state index in [0.717, 1.165) is 50.8 Å². The molecule has 1 unspecified atom stereocenters. The molecule has 1 aromatic carbocycles. The number of guanidine groups is 1. The molecule has 3 N–H and O–H groups in total. The fourth-order valence-corrected chi connectivity index (χ4v) is 3.26. The Labute approximate surface area is 180 Å². The number of aliphatic imine (C=N–C) groups is 1. The Bertz CT molecular complexity index is 604. The van der Waals surface area contributed by atoms with Crippen LogP contribution < -0.4 is 16.0 Å². The molecule has 1 aliphatic heterocycles. The second kappa shape index (κ2) is 12.9. The number of amides is 1. The van der Waals surface area contributed by atoms with Crippen LogP contribution in [0.15, 0.2) is 29.3 Å². The highest BCUT2D eigenvalue weighted by atomic mass is 127. The van der Waals surface area contributed by atoms with Gasteiger partial charge in [-0.05, 0) is 44.6 Å². The van der Waals surface area contributed by atoms with Gasteiger partial charge in [-0.1, -0.05) is 32.0 Å². The van der Waals surface area contributed by atoms with Gasteiger partial charge in [-0.2, -0.15) is 0 Å². The van der Waals surface area contributed by atoms with Gasteiger partial charge in [0.2, 0.25) is 5.91 Å². The molecule has 0 bridgehead atoms. The lowest BCUT2D eigenvalue weighted by Crippen LogP contribution is -2.39. The van der Waals surface area contributed by atoms with Crippen LogP contribution >= 0.6 is 24.0 Å². The fraction of sp³-hybridized carbons (Fsp3) is 0.600. The highest BCUT2D eigenvalue weighted by Crippen LogP contribution is 2.31. The Morgan fingerprint density at radius 1 is 1.22 bits per heavy atom. The molecule has 1 atom stereocenters. The third-order valence-corrected chi connectivity index (χ3v) is 4.76. The topological polar surface area (TPSA) is 68.8 Å². The summed E-state index contributed by atoms with van der Waals surface area (Å²) >= 11 is 0. The molecule has 1 aliphatic rings. The number of carbonyl (C=O) groups is 1. The normalized spacial score (nSPS) is 16.4. The lowest BCUT2D eigenvalue weighted by Gasteiger charge is -2.24. The van der Waals surface area contributed by atoms with Crippen LogP contribution in [0.2, 0.25) is 0 Å². The molecule has 0 aromatic heterocycles. The van der Waals surface area contributed by atoms with E-state index in [1.807, 2.05) is 18.2 Å². The minimum Gasteiger partial charge on any atom is -0.357 e. The summed E-state index contributed by atoms with van der Waals surface area (Å²) in [5.74, 6) is 1.03. The van der Waals surface area contributed by atoms with Gasteiger partial charge in [0.25, 0.3) is 0 Å². The van der Waals surface area contributed by atoms with Crippen molar-refractivity contribution in [2.75, 3.05) is 44.6 Å². The van der Waals surface area contributed by atoms with Crippen molar-refractivity contribution >= 4 is 41.5 Å². The molecule has 152 valence electrons. The van der Waals surface area contributed by atoms with E-state index >= 15 is 0 Å². The summed E-state index contributed by atoms with van der Waals surface area (Å²) < 4.78 is 0. The van der Waals surface area contributed by atoms with Crippen molar-refractivity contribution in [3.8, 4) is 0 Å². The molecule has 0 radical (unpaired) electrons. The maximum absolute atomic E-state index is 11.9. The molecule has 0 fully saturated rings. The van der Waals surface area contributed by atoms with Crippen molar-refractivity contribution < 1.29 is 4.79 Å². The Kier molecular flexibility index (Phi) is 11.3. The van der Waals surface area contributed by atoms with Gasteiger partial charge in [-0.3, -0.25) is 9.79 Å². The predicted octanol–water partition coefficient (Wildman–Crippen LogP) is 3.02. The number of para-hydroxylation sites is 1. The summed E-state index contributed by atoms with van der Waals surface area (Å²) in [7, 11) is 0. The van der Waals surface area contributed by atoms with Crippen LogP contribution in [-0.2, 0) is 4.79 Å². The fourth-order valence-electron chi connectivity index (χ4n) is 3.26. The van der Waals surface area contributed by atoms with Crippen molar-refractivity contribution in [2.24, 2.45) is 4.99 Å². The molecule has 1 aromatic rings. The van der Waals surface area contributed by atoms with Crippen LogP contribution in [0, 0.1) is 0 Å². The van der Waals surface area contributed by atoms with E-state index in [1.165, 1.54) is 5.56 Å². The molecule has 1 heterocycles. The Hall–Kier alpha value is -1.35. The van der Waals surface area contributed by atoms with Crippen molar-refractivity contribution in [3.63, 3.8) is 0 Å². The first-order valence-corrected chi connectivity index (χ1v) is 9.81. The van der Waals surface area contributed by atoms with Crippen molar-refractivity contribution in [1.82, 2.24) is 15.5 Å². The maximum atomic E-state index is 11.9. The summed E-state index contributed by atoms with van der Waals surface area (Å²) in [6, 6.07) is 8.01. The minimum atomic E-state index is 0. The van der Waals surface area contributed by atoms with Crippen LogP contribution in [0.1, 0.15) is 45.1 Å². The molecule has 0 spiro atoms. The second-order valence-corrected chi connectivity index (χ2v) is 6.56. The molecular weight excluding hydrogens is 453 g/mol. The molecule has 7 heteroatoms. The third kappa shape index (κ3) is 7.65. The number of nitrogens with zero attached hydrogens (tertiary/aromatic N) is 2.